The molecule has 0 heterocycles. The van der Waals surface area contributed by atoms with Crippen LogP contribution in [0.25, 0.3) is 0 Å². The van der Waals surface area contributed by atoms with Gasteiger partial charge in [0.1, 0.15) is 5.75 Å². The van der Waals surface area contributed by atoms with Crippen LogP contribution >= 0.6 is 0 Å². The number of carboxylic acid groups (broad SMARTS) is 1. The van der Waals surface area contributed by atoms with Gasteiger partial charge in [-0.05, 0) is 37.3 Å². The molecule has 1 amide bonds. The van der Waals surface area contributed by atoms with E-state index < -0.39 is 5.97 Å². The predicted octanol–water partition coefficient (Wildman–Crippen LogP) is 2.79. The van der Waals surface area contributed by atoms with Crippen molar-refractivity contribution < 1.29 is 19.8 Å². The zero-order chi connectivity index (χ0) is 15.7. The Morgan fingerprint density at radius 1 is 1.19 bits per heavy atom. The maximum atomic E-state index is 11.8. The van der Waals surface area contributed by atoms with Crippen LogP contribution in [0.4, 0.5) is 0 Å². The van der Waals surface area contributed by atoms with Gasteiger partial charge in [0.2, 0.25) is 0 Å². The van der Waals surface area contributed by atoms with Gasteiger partial charge in [0.05, 0.1) is 5.56 Å². The summed E-state index contributed by atoms with van der Waals surface area (Å²) in [7, 11) is 0. The van der Waals surface area contributed by atoms with Crippen LogP contribution in [0, 0.1) is 5.92 Å². The van der Waals surface area contributed by atoms with E-state index in [1.54, 1.807) is 18.2 Å². The van der Waals surface area contributed by atoms with E-state index in [-0.39, 0.29) is 23.6 Å². The largest absolute Gasteiger partial charge is 0.507 e. The van der Waals surface area contributed by atoms with Crippen LogP contribution in [0.15, 0.2) is 24.3 Å². The van der Waals surface area contributed by atoms with Gasteiger partial charge in [-0.3, -0.25) is 9.59 Å². The van der Waals surface area contributed by atoms with Crippen molar-refractivity contribution in [3.05, 3.63) is 29.8 Å². The second-order valence-electron chi connectivity index (χ2n) is 5.31. The SMILES string of the molecule is C[C@H](CCCNC(=O)c1ccccc1O)CCCC(=O)O. The average molecular weight is 293 g/mol. The van der Waals surface area contributed by atoms with E-state index in [0.717, 1.165) is 19.3 Å². The summed E-state index contributed by atoms with van der Waals surface area (Å²) in [6, 6.07) is 6.45. The molecule has 5 nitrogen and oxygen atoms in total. The number of hydrogen-bond donors (Lipinski definition) is 3. The van der Waals surface area contributed by atoms with Gasteiger partial charge in [0.25, 0.3) is 5.91 Å². The predicted molar refractivity (Wildman–Crippen MR) is 80.3 cm³/mol. The van der Waals surface area contributed by atoms with E-state index in [9.17, 15) is 14.7 Å². The number of nitrogens with one attached hydrogen (secondary N) is 1. The number of aliphatic carboxylic acids is 1. The van der Waals surface area contributed by atoms with Crippen molar-refractivity contribution in [2.75, 3.05) is 6.54 Å². The van der Waals surface area contributed by atoms with E-state index in [1.165, 1.54) is 6.07 Å². The second-order valence-corrected chi connectivity index (χ2v) is 5.31. The molecule has 21 heavy (non-hydrogen) atoms. The Morgan fingerprint density at radius 3 is 2.52 bits per heavy atom. The Labute approximate surface area is 125 Å². The third kappa shape index (κ3) is 6.79. The van der Waals surface area contributed by atoms with Gasteiger partial charge in [0, 0.05) is 13.0 Å². The first-order chi connectivity index (χ1) is 10.0. The fraction of sp³-hybridized carbons (Fsp3) is 0.500. The molecule has 1 atom stereocenters. The summed E-state index contributed by atoms with van der Waals surface area (Å²) in [6.45, 7) is 2.64. The number of amides is 1. The highest BCUT2D eigenvalue weighted by Crippen LogP contribution is 2.16. The number of carbonyl (C=O) groups excluding carboxylic acids is 1. The summed E-state index contributed by atoms with van der Waals surface area (Å²) in [5.74, 6) is -0.591. The maximum absolute atomic E-state index is 11.8. The third-order valence-corrected chi connectivity index (χ3v) is 3.40. The molecule has 0 saturated carbocycles. The standard InChI is InChI=1S/C16H23NO4/c1-12(6-4-10-15(19)20)7-5-11-17-16(21)13-8-2-3-9-14(13)18/h2-3,8-9,12,18H,4-7,10-11H2,1H3,(H,17,21)(H,19,20)/t12-/m0/s1. The summed E-state index contributed by atoms with van der Waals surface area (Å²) in [5, 5.41) is 20.9. The molecule has 0 spiro atoms. The van der Waals surface area contributed by atoms with Crippen LogP contribution in [0.5, 0.6) is 5.75 Å². The van der Waals surface area contributed by atoms with Crippen LogP contribution in [0.2, 0.25) is 0 Å². The Hall–Kier alpha value is -2.04. The monoisotopic (exact) mass is 293 g/mol. The molecule has 0 aliphatic carbocycles. The lowest BCUT2D eigenvalue weighted by atomic mass is 9.99. The summed E-state index contributed by atoms with van der Waals surface area (Å²) in [5.41, 5.74) is 0.284. The summed E-state index contributed by atoms with van der Waals surface area (Å²) in [6.07, 6.45) is 3.59. The number of hydrogen-bond acceptors (Lipinski definition) is 3. The van der Waals surface area contributed by atoms with E-state index in [4.69, 9.17) is 5.11 Å². The van der Waals surface area contributed by atoms with Gasteiger partial charge in [-0.2, -0.15) is 0 Å². The molecule has 5 heteroatoms. The van der Waals surface area contributed by atoms with Gasteiger partial charge >= 0.3 is 5.97 Å². The van der Waals surface area contributed by atoms with Gasteiger partial charge in [-0.1, -0.05) is 25.5 Å². The molecule has 0 aliphatic rings. The van der Waals surface area contributed by atoms with Crippen molar-refractivity contribution in [3.63, 3.8) is 0 Å². The van der Waals surface area contributed by atoms with Crippen molar-refractivity contribution in [1.29, 1.82) is 0 Å². The van der Waals surface area contributed by atoms with Gasteiger partial charge < -0.3 is 15.5 Å². The Kier molecular flexibility index (Phi) is 7.29. The number of aromatic hydroxyl groups is 1. The lowest BCUT2D eigenvalue weighted by molar-refractivity contribution is -0.137. The second kappa shape index (κ2) is 9.00. The summed E-state index contributed by atoms with van der Waals surface area (Å²) < 4.78 is 0. The molecule has 0 radical (unpaired) electrons. The van der Waals surface area contributed by atoms with Crippen molar-refractivity contribution >= 4 is 11.9 Å². The first-order valence-corrected chi connectivity index (χ1v) is 7.28. The molecule has 0 aromatic heterocycles. The highest BCUT2D eigenvalue weighted by Gasteiger charge is 2.09. The number of carbonyl (C=O) groups is 2. The number of carboxylic acids is 1. The van der Waals surface area contributed by atoms with Crippen LogP contribution < -0.4 is 5.32 Å². The molecule has 1 aromatic rings. The van der Waals surface area contributed by atoms with Crippen molar-refractivity contribution in [3.8, 4) is 5.75 Å². The molecule has 0 unspecified atom stereocenters. The Balaban J connectivity index is 2.18. The summed E-state index contributed by atoms with van der Waals surface area (Å²) >= 11 is 0. The summed E-state index contributed by atoms with van der Waals surface area (Å²) in [4.78, 5) is 22.2. The molecule has 0 bridgehead atoms. The van der Waals surface area contributed by atoms with Crippen molar-refractivity contribution in [2.45, 2.75) is 39.0 Å². The topological polar surface area (TPSA) is 86.6 Å². The fourth-order valence-corrected chi connectivity index (χ4v) is 2.16. The normalized spacial score (nSPS) is 11.9. The lowest BCUT2D eigenvalue weighted by Crippen LogP contribution is -2.24. The molecular weight excluding hydrogens is 270 g/mol. The zero-order valence-corrected chi connectivity index (χ0v) is 12.3. The highest BCUT2D eigenvalue weighted by molar-refractivity contribution is 5.96. The minimum atomic E-state index is -0.753. The average Bonchev–Trinajstić information content (AvgIpc) is 2.43. The number of para-hydroxylation sites is 1. The van der Waals surface area contributed by atoms with Crippen molar-refractivity contribution in [1.82, 2.24) is 5.32 Å². The molecule has 3 N–H and O–H groups in total. The van der Waals surface area contributed by atoms with Crippen LogP contribution in [-0.4, -0.2) is 28.6 Å². The third-order valence-electron chi connectivity index (χ3n) is 3.40. The first kappa shape index (κ1) is 17.0. The Morgan fingerprint density at radius 2 is 1.86 bits per heavy atom. The van der Waals surface area contributed by atoms with Gasteiger partial charge in [-0.15, -0.1) is 0 Å². The van der Waals surface area contributed by atoms with Crippen LogP contribution in [-0.2, 0) is 4.79 Å². The Bertz CT molecular complexity index is 473. The van der Waals surface area contributed by atoms with Crippen molar-refractivity contribution in [2.24, 2.45) is 5.92 Å². The smallest absolute Gasteiger partial charge is 0.303 e. The molecule has 0 saturated heterocycles. The molecule has 0 fully saturated rings. The number of phenolic OH excluding ortho intramolecular Hbond substituents is 1. The quantitative estimate of drug-likeness (QED) is 0.611. The van der Waals surface area contributed by atoms with Gasteiger partial charge in [-0.25, -0.2) is 0 Å². The minimum absolute atomic E-state index is 0.0166. The molecule has 1 rings (SSSR count). The van der Waals surface area contributed by atoms with E-state index in [1.807, 2.05) is 0 Å². The molecule has 1 aromatic carbocycles. The van der Waals surface area contributed by atoms with E-state index in [2.05, 4.69) is 12.2 Å². The maximum Gasteiger partial charge on any atom is 0.303 e. The van der Waals surface area contributed by atoms with Crippen LogP contribution in [0.3, 0.4) is 0 Å². The first-order valence-electron chi connectivity index (χ1n) is 7.28. The number of benzene rings is 1. The lowest BCUT2D eigenvalue weighted by Gasteiger charge is -2.11. The fourth-order valence-electron chi connectivity index (χ4n) is 2.16. The van der Waals surface area contributed by atoms with Gasteiger partial charge in [0.15, 0.2) is 0 Å². The molecule has 0 aliphatic heterocycles. The number of phenols is 1. The number of rotatable bonds is 9. The molecular formula is C16H23NO4. The molecule has 116 valence electrons. The zero-order valence-electron chi connectivity index (χ0n) is 12.3. The van der Waals surface area contributed by atoms with Crippen LogP contribution in [0.1, 0.15) is 49.4 Å². The highest BCUT2D eigenvalue weighted by atomic mass is 16.4. The van der Waals surface area contributed by atoms with E-state index in [0.29, 0.717) is 18.9 Å². The minimum Gasteiger partial charge on any atom is -0.507 e. The van der Waals surface area contributed by atoms with E-state index >= 15 is 0 Å².